The Balaban J connectivity index is 1.56. The molecule has 0 aliphatic carbocycles. The SMILES string of the molecule is CCOc1ccc(/C(O)=C2\C(=O)C(=O)N(Cc3ccco3)C2c2ccc(OCc3ccccc3)c(OCC)c2)cc1. The predicted octanol–water partition coefficient (Wildman–Crippen LogP) is 6.28. The Kier molecular flexibility index (Phi) is 8.39. The third kappa shape index (κ3) is 5.96. The molecule has 1 N–H and O–H groups in total. The zero-order valence-corrected chi connectivity index (χ0v) is 22.9. The summed E-state index contributed by atoms with van der Waals surface area (Å²) in [5.41, 5.74) is 1.95. The number of rotatable bonds is 11. The van der Waals surface area contributed by atoms with Crippen LogP contribution < -0.4 is 14.2 Å². The summed E-state index contributed by atoms with van der Waals surface area (Å²) < 4.78 is 23.0. The molecule has 8 nitrogen and oxygen atoms in total. The molecule has 1 atom stereocenters. The van der Waals surface area contributed by atoms with Gasteiger partial charge in [0.1, 0.15) is 23.9 Å². The molecule has 0 saturated carbocycles. The first-order valence-corrected chi connectivity index (χ1v) is 13.5. The summed E-state index contributed by atoms with van der Waals surface area (Å²) in [6.45, 7) is 5.00. The molecular weight excluding hydrogens is 522 g/mol. The molecule has 1 aliphatic rings. The highest BCUT2D eigenvalue weighted by Crippen LogP contribution is 2.43. The fraction of sp³-hybridized carbons (Fsp3) is 0.212. The van der Waals surface area contributed by atoms with Gasteiger partial charge in [0.2, 0.25) is 0 Å². The number of amides is 1. The third-order valence-electron chi connectivity index (χ3n) is 6.71. The molecule has 1 amide bonds. The Morgan fingerprint density at radius 2 is 1.61 bits per heavy atom. The van der Waals surface area contributed by atoms with Crippen molar-refractivity contribution in [3.63, 3.8) is 0 Å². The molecule has 2 heterocycles. The van der Waals surface area contributed by atoms with Gasteiger partial charge in [0.15, 0.2) is 11.5 Å². The Morgan fingerprint density at radius 1 is 0.854 bits per heavy atom. The van der Waals surface area contributed by atoms with Crippen LogP contribution in [-0.4, -0.2) is 34.9 Å². The lowest BCUT2D eigenvalue weighted by molar-refractivity contribution is -0.140. The van der Waals surface area contributed by atoms with E-state index in [0.717, 1.165) is 5.56 Å². The van der Waals surface area contributed by atoms with E-state index in [1.807, 2.05) is 44.2 Å². The highest BCUT2D eigenvalue weighted by atomic mass is 16.5. The normalized spacial score (nSPS) is 16.1. The lowest BCUT2D eigenvalue weighted by Crippen LogP contribution is -2.29. The van der Waals surface area contributed by atoms with Crippen LogP contribution in [0.15, 0.2) is 101 Å². The highest BCUT2D eigenvalue weighted by molar-refractivity contribution is 6.46. The number of ketones is 1. The van der Waals surface area contributed by atoms with E-state index in [0.29, 0.717) is 54.0 Å². The summed E-state index contributed by atoms with van der Waals surface area (Å²) in [7, 11) is 0. The maximum atomic E-state index is 13.4. The van der Waals surface area contributed by atoms with Crippen molar-refractivity contribution in [2.45, 2.75) is 33.0 Å². The van der Waals surface area contributed by atoms with Gasteiger partial charge < -0.3 is 28.6 Å². The zero-order valence-electron chi connectivity index (χ0n) is 22.9. The van der Waals surface area contributed by atoms with Crippen molar-refractivity contribution < 1.29 is 33.3 Å². The average Bonchev–Trinajstić information content (AvgIpc) is 3.60. The van der Waals surface area contributed by atoms with Crippen molar-refractivity contribution in [1.82, 2.24) is 4.90 Å². The van der Waals surface area contributed by atoms with Crippen molar-refractivity contribution in [3.8, 4) is 17.2 Å². The van der Waals surface area contributed by atoms with Gasteiger partial charge in [-0.1, -0.05) is 36.4 Å². The number of carbonyl (C=O) groups excluding carboxylic acids is 2. The standard InChI is InChI=1S/C33H31NO7/c1-3-38-25-15-12-23(13-16-25)31(35)29-30(34(33(37)32(29)36)20-26-11-8-18-40-26)24-14-17-27(28(19-24)39-4-2)41-21-22-9-6-5-7-10-22/h5-19,30,35H,3-4,20-21H2,1-2H3/b31-29+. The van der Waals surface area contributed by atoms with Crippen LogP contribution in [0, 0.1) is 0 Å². The van der Waals surface area contributed by atoms with E-state index in [4.69, 9.17) is 18.6 Å². The van der Waals surface area contributed by atoms with Crippen LogP contribution in [0.5, 0.6) is 17.2 Å². The maximum absolute atomic E-state index is 13.4. The van der Waals surface area contributed by atoms with Gasteiger partial charge in [0, 0.05) is 5.56 Å². The number of Topliss-reactive ketones (excluding diaryl/α,β-unsaturated/α-hetero) is 1. The van der Waals surface area contributed by atoms with Crippen LogP contribution in [0.2, 0.25) is 0 Å². The van der Waals surface area contributed by atoms with E-state index in [2.05, 4.69) is 0 Å². The van der Waals surface area contributed by atoms with Crippen molar-refractivity contribution in [2.75, 3.05) is 13.2 Å². The molecule has 3 aromatic carbocycles. The molecule has 1 unspecified atom stereocenters. The van der Waals surface area contributed by atoms with Gasteiger partial charge in [0.25, 0.3) is 11.7 Å². The quantitative estimate of drug-likeness (QED) is 0.133. The van der Waals surface area contributed by atoms with Crippen LogP contribution in [0.4, 0.5) is 0 Å². The molecule has 4 aromatic rings. The van der Waals surface area contributed by atoms with E-state index in [-0.39, 0.29) is 17.9 Å². The molecule has 1 saturated heterocycles. The number of hydrogen-bond acceptors (Lipinski definition) is 7. The molecule has 1 aliphatic heterocycles. The predicted molar refractivity (Wildman–Crippen MR) is 153 cm³/mol. The number of carbonyl (C=O) groups is 2. The Labute approximate surface area is 238 Å². The summed E-state index contributed by atoms with van der Waals surface area (Å²) in [6, 6.07) is 24.3. The van der Waals surface area contributed by atoms with E-state index in [9.17, 15) is 14.7 Å². The largest absolute Gasteiger partial charge is 0.507 e. The van der Waals surface area contributed by atoms with Crippen molar-refractivity contribution in [3.05, 3.63) is 119 Å². The molecule has 0 radical (unpaired) electrons. The Hall–Kier alpha value is -4.98. The number of furan rings is 1. The number of aliphatic hydroxyl groups is 1. The second-order valence-electron chi connectivity index (χ2n) is 9.38. The molecular formula is C33H31NO7. The summed E-state index contributed by atoms with van der Waals surface area (Å²) >= 11 is 0. The summed E-state index contributed by atoms with van der Waals surface area (Å²) in [6.07, 6.45) is 1.51. The van der Waals surface area contributed by atoms with Gasteiger partial charge in [-0.3, -0.25) is 9.59 Å². The van der Waals surface area contributed by atoms with Gasteiger partial charge >= 0.3 is 0 Å². The van der Waals surface area contributed by atoms with Gasteiger partial charge in [-0.25, -0.2) is 0 Å². The van der Waals surface area contributed by atoms with Crippen LogP contribution in [0.25, 0.3) is 5.76 Å². The Morgan fingerprint density at radius 3 is 2.29 bits per heavy atom. The van der Waals surface area contributed by atoms with Crippen molar-refractivity contribution in [2.24, 2.45) is 0 Å². The number of benzene rings is 3. The molecule has 0 bridgehead atoms. The smallest absolute Gasteiger partial charge is 0.296 e. The fourth-order valence-corrected chi connectivity index (χ4v) is 4.81. The first kappa shape index (κ1) is 27.6. The monoisotopic (exact) mass is 553 g/mol. The zero-order chi connectivity index (χ0) is 28.8. The summed E-state index contributed by atoms with van der Waals surface area (Å²) in [5.74, 6) is 0.328. The molecule has 1 fully saturated rings. The van der Waals surface area contributed by atoms with E-state index < -0.39 is 17.7 Å². The lowest BCUT2D eigenvalue weighted by Gasteiger charge is -2.25. The first-order chi connectivity index (χ1) is 20.0. The minimum Gasteiger partial charge on any atom is -0.507 e. The van der Waals surface area contributed by atoms with E-state index in [1.54, 1.807) is 54.6 Å². The van der Waals surface area contributed by atoms with Crippen LogP contribution >= 0.6 is 0 Å². The van der Waals surface area contributed by atoms with Gasteiger partial charge in [-0.2, -0.15) is 0 Å². The molecule has 5 rings (SSSR count). The number of nitrogens with zero attached hydrogens (tertiary/aromatic N) is 1. The fourth-order valence-electron chi connectivity index (χ4n) is 4.81. The third-order valence-corrected chi connectivity index (χ3v) is 6.71. The number of hydrogen-bond donors (Lipinski definition) is 1. The lowest BCUT2D eigenvalue weighted by atomic mass is 9.95. The van der Waals surface area contributed by atoms with Gasteiger partial charge in [0.05, 0.1) is 37.6 Å². The molecule has 0 spiro atoms. The van der Waals surface area contributed by atoms with E-state index in [1.165, 1.54) is 11.2 Å². The minimum atomic E-state index is -0.894. The second kappa shape index (κ2) is 12.5. The van der Waals surface area contributed by atoms with Crippen molar-refractivity contribution >= 4 is 17.4 Å². The van der Waals surface area contributed by atoms with Crippen LogP contribution in [-0.2, 0) is 22.7 Å². The Bertz CT molecular complexity index is 1530. The maximum Gasteiger partial charge on any atom is 0.296 e. The molecule has 1 aromatic heterocycles. The van der Waals surface area contributed by atoms with E-state index >= 15 is 0 Å². The number of ether oxygens (including phenoxy) is 3. The number of likely N-dealkylation sites (tertiary alicyclic amines) is 1. The summed E-state index contributed by atoms with van der Waals surface area (Å²) in [5, 5.41) is 11.4. The molecule has 210 valence electrons. The van der Waals surface area contributed by atoms with Crippen LogP contribution in [0.3, 0.4) is 0 Å². The van der Waals surface area contributed by atoms with Gasteiger partial charge in [-0.05, 0) is 73.5 Å². The molecule has 41 heavy (non-hydrogen) atoms. The average molecular weight is 554 g/mol. The highest BCUT2D eigenvalue weighted by Gasteiger charge is 2.46. The van der Waals surface area contributed by atoms with Gasteiger partial charge in [-0.15, -0.1) is 0 Å². The topological polar surface area (TPSA) is 98.4 Å². The second-order valence-corrected chi connectivity index (χ2v) is 9.38. The summed E-state index contributed by atoms with van der Waals surface area (Å²) in [4.78, 5) is 28.2. The van der Waals surface area contributed by atoms with Crippen molar-refractivity contribution in [1.29, 1.82) is 0 Å². The molecule has 8 heteroatoms. The minimum absolute atomic E-state index is 0.0221. The first-order valence-electron chi connectivity index (χ1n) is 13.5. The number of aliphatic hydroxyl groups excluding tert-OH is 1. The van der Waals surface area contributed by atoms with Crippen LogP contribution in [0.1, 0.15) is 42.3 Å².